The average molecular weight is 478 g/mol. The van der Waals surface area contributed by atoms with Gasteiger partial charge < -0.3 is 0 Å². The number of hydrogen-bond acceptors (Lipinski definition) is 0. The quantitative estimate of drug-likeness (QED) is 0.279. The molecule has 28 heavy (non-hydrogen) atoms. The van der Waals surface area contributed by atoms with Gasteiger partial charge in [0, 0.05) is 0 Å². The SMILES string of the molecule is C[Si](C)(C)c1ccc(-c2cccc3[cH-]ccc23)cc1.C[Si](C)=[Zr+2].[C-]1=CC=CC1. The van der Waals surface area contributed by atoms with E-state index in [0.717, 1.165) is 6.42 Å². The van der Waals surface area contributed by atoms with Crippen molar-refractivity contribution in [2.24, 2.45) is 0 Å². The minimum Gasteiger partial charge on any atom is -0.273 e. The fraction of sp³-hybridized carbons (Fsp3) is 0.240. The largest absolute Gasteiger partial charge is 0.273 e. The molecule has 0 fully saturated rings. The molecular weight excluding hydrogens is 448 g/mol. The van der Waals surface area contributed by atoms with Crippen LogP contribution in [0.15, 0.2) is 78.9 Å². The molecule has 142 valence electrons. The fourth-order valence-electron chi connectivity index (χ4n) is 2.90. The van der Waals surface area contributed by atoms with Gasteiger partial charge >= 0.3 is 41.9 Å². The smallest absolute Gasteiger partial charge is 0.109 e. The van der Waals surface area contributed by atoms with E-state index in [1.807, 2.05) is 12.2 Å². The van der Waals surface area contributed by atoms with Crippen LogP contribution in [0, 0.1) is 6.08 Å². The molecule has 0 nitrogen and oxygen atoms in total. The molecule has 0 heterocycles. The van der Waals surface area contributed by atoms with Gasteiger partial charge in [-0.15, -0.1) is 35.4 Å². The van der Waals surface area contributed by atoms with Crippen molar-refractivity contribution in [3.63, 3.8) is 0 Å². The van der Waals surface area contributed by atoms with E-state index in [0.29, 0.717) is 0 Å². The van der Waals surface area contributed by atoms with Crippen LogP contribution in [0.25, 0.3) is 21.9 Å². The van der Waals surface area contributed by atoms with Crippen molar-refractivity contribution in [1.82, 2.24) is 0 Å². The van der Waals surface area contributed by atoms with Gasteiger partial charge in [-0.3, -0.25) is 6.08 Å². The van der Waals surface area contributed by atoms with Crippen LogP contribution < -0.4 is 5.19 Å². The number of fused-ring (bicyclic) bond motifs is 1. The molecule has 0 spiro atoms. The summed E-state index contributed by atoms with van der Waals surface area (Å²) in [5.41, 5.74) is 2.87. The zero-order chi connectivity index (χ0) is 20.6. The second-order valence-electron chi connectivity index (χ2n) is 8.16. The fourth-order valence-corrected chi connectivity index (χ4v) is 4.07. The van der Waals surface area contributed by atoms with Crippen molar-refractivity contribution >= 4 is 29.5 Å². The van der Waals surface area contributed by atoms with E-state index in [4.69, 9.17) is 0 Å². The van der Waals surface area contributed by atoms with E-state index in [1.165, 1.54) is 27.1 Å². The first-order valence-corrected chi connectivity index (χ1v) is 19.5. The first-order chi connectivity index (χ1) is 13.3. The zero-order valence-corrected chi connectivity index (χ0v) is 22.2. The molecule has 0 amide bonds. The number of allylic oxidation sites excluding steroid dienone is 4. The molecule has 1 aliphatic rings. The Kier molecular flexibility index (Phi) is 9.20. The Labute approximate surface area is 187 Å². The van der Waals surface area contributed by atoms with Gasteiger partial charge in [0.05, 0.1) is 8.07 Å². The van der Waals surface area contributed by atoms with Gasteiger partial charge in [0.1, 0.15) is 0 Å². The molecule has 1 aliphatic carbocycles. The maximum absolute atomic E-state index is 2.99. The Morgan fingerprint density at radius 2 is 1.68 bits per heavy atom. The summed E-state index contributed by atoms with van der Waals surface area (Å²) in [6.07, 6.45) is 10.0. The van der Waals surface area contributed by atoms with Gasteiger partial charge in [-0.1, -0.05) is 60.7 Å². The van der Waals surface area contributed by atoms with Crippen LogP contribution >= 0.6 is 0 Å². The van der Waals surface area contributed by atoms with Crippen molar-refractivity contribution in [1.29, 1.82) is 0 Å². The first-order valence-electron chi connectivity index (χ1n) is 9.78. The van der Waals surface area contributed by atoms with Gasteiger partial charge in [0.2, 0.25) is 0 Å². The van der Waals surface area contributed by atoms with Crippen molar-refractivity contribution in [2.75, 3.05) is 0 Å². The summed E-state index contributed by atoms with van der Waals surface area (Å²) in [4.78, 5) is 0. The van der Waals surface area contributed by atoms with E-state index in [9.17, 15) is 0 Å². The minimum atomic E-state index is -1.20. The third-order valence-corrected chi connectivity index (χ3v) is 6.39. The van der Waals surface area contributed by atoms with Crippen LogP contribution in [0.1, 0.15) is 6.42 Å². The topological polar surface area (TPSA) is 0 Å². The maximum atomic E-state index is 2.99. The Bertz CT molecular complexity index is 940. The molecule has 3 aromatic carbocycles. The van der Waals surface area contributed by atoms with Crippen molar-refractivity contribution in [2.45, 2.75) is 39.2 Å². The Morgan fingerprint density at radius 1 is 1.00 bits per heavy atom. The van der Waals surface area contributed by atoms with Gasteiger partial charge in [-0.05, 0) is 5.56 Å². The summed E-state index contributed by atoms with van der Waals surface area (Å²) in [7, 11) is -1.20. The van der Waals surface area contributed by atoms with Crippen LogP contribution in [0.4, 0.5) is 0 Å². The number of hydrogen-bond donors (Lipinski definition) is 0. The summed E-state index contributed by atoms with van der Waals surface area (Å²) in [5.74, 6) is 0. The summed E-state index contributed by atoms with van der Waals surface area (Å²) >= 11 is 1.74. The maximum Gasteiger partial charge on any atom is -0.109 e. The van der Waals surface area contributed by atoms with E-state index in [2.05, 4.69) is 106 Å². The Balaban J connectivity index is 0.000000259. The zero-order valence-electron chi connectivity index (χ0n) is 17.7. The van der Waals surface area contributed by atoms with E-state index in [1.54, 1.807) is 23.3 Å². The molecule has 0 aliphatic heterocycles. The molecule has 3 aromatic rings. The van der Waals surface area contributed by atoms with Gasteiger partial charge in [-0.2, -0.15) is 18.2 Å². The van der Waals surface area contributed by atoms with Crippen molar-refractivity contribution < 1.29 is 23.3 Å². The second kappa shape index (κ2) is 11.1. The molecule has 4 rings (SSSR count). The molecule has 0 saturated heterocycles. The number of rotatable bonds is 2. The van der Waals surface area contributed by atoms with Crippen LogP contribution in [-0.2, 0) is 23.3 Å². The van der Waals surface area contributed by atoms with Gasteiger partial charge in [-0.25, -0.2) is 12.2 Å². The van der Waals surface area contributed by atoms with Crippen molar-refractivity contribution in [3.05, 3.63) is 85.0 Å². The van der Waals surface area contributed by atoms with E-state index < -0.39 is 8.07 Å². The standard InChI is InChI=1S/C18H19Si.C5H5.C2H6Si.Zr/c1-19(2,3)16-12-10-15(11-13-16)18-9-5-7-14-6-4-8-17(14)18;1-2-4-5-3-1;1-3-2;/h4-13H,1-3H3;1-3H,4H2;1-2H3;/q2*-1;;+2. The molecule has 3 heteroatoms. The average Bonchev–Trinajstić information content (AvgIpc) is 3.35. The van der Waals surface area contributed by atoms with Crippen LogP contribution in [0.2, 0.25) is 32.7 Å². The van der Waals surface area contributed by atoms with Crippen LogP contribution in [0.3, 0.4) is 0 Å². The van der Waals surface area contributed by atoms with E-state index >= 15 is 0 Å². The summed E-state index contributed by atoms with van der Waals surface area (Å²) in [6, 6.07) is 22.2. The number of benzene rings is 2. The van der Waals surface area contributed by atoms with Gasteiger partial charge in [0.25, 0.3) is 0 Å². The second-order valence-corrected chi connectivity index (χ2v) is 22.6. The molecule has 0 N–H and O–H groups in total. The summed E-state index contributed by atoms with van der Waals surface area (Å²) in [6.45, 7) is 11.8. The van der Waals surface area contributed by atoms with Crippen LogP contribution in [-0.4, -0.2) is 13.5 Å². The normalized spacial score (nSPS) is 12.2. The minimum absolute atomic E-state index is 0.210. The third-order valence-electron chi connectivity index (χ3n) is 4.33. The molecule has 0 radical (unpaired) electrons. The molecule has 0 atom stereocenters. The molecular formula is C25H30Si2Zr. The first kappa shape index (κ1) is 23.1. The summed E-state index contributed by atoms with van der Waals surface area (Å²) < 4.78 is 0. The van der Waals surface area contributed by atoms with Crippen LogP contribution in [0.5, 0.6) is 0 Å². The predicted molar refractivity (Wildman–Crippen MR) is 127 cm³/mol. The monoisotopic (exact) mass is 476 g/mol. The predicted octanol–water partition coefficient (Wildman–Crippen LogP) is 6.86. The Morgan fingerprint density at radius 3 is 2.18 bits per heavy atom. The van der Waals surface area contributed by atoms with E-state index in [-0.39, 0.29) is 5.43 Å². The molecule has 0 aromatic heterocycles. The van der Waals surface area contributed by atoms with Crippen molar-refractivity contribution in [3.8, 4) is 11.1 Å². The molecule has 0 unspecified atom stereocenters. The third kappa shape index (κ3) is 7.35. The molecule has 0 saturated carbocycles. The molecule has 0 bridgehead atoms. The summed E-state index contributed by atoms with van der Waals surface area (Å²) in [5, 5.41) is 4.20. The Hall–Kier alpha value is -1.15. The van der Waals surface area contributed by atoms with Gasteiger partial charge in [0.15, 0.2) is 0 Å².